The molecule has 120 valence electrons. The van der Waals surface area contributed by atoms with Gasteiger partial charge in [-0.3, -0.25) is 0 Å². The molecule has 2 heterocycles. The molecule has 0 saturated carbocycles. The van der Waals surface area contributed by atoms with E-state index < -0.39 is 15.6 Å². The van der Waals surface area contributed by atoms with Crippen molar-refractivity contribution in [1.29, 1.82) is 0 Å². The SMILES string of the molecule is O=c1oc2ccccc2c2nn(S(=O)(=O)c3ccc(Cl)cc3)cc12. The van der Waals surface area contributed by atoms with Crippen molar-refractivity contribution in [2.75, 3.05) is 0 Å². The summed E-state index contributed by atoms with van der Waals surface area (Å²) in [5, 5.41) is 5.20. The lowest BCUT2D eigenvalue weighted by atomic mass is 10.2. The zero-order valence-electron chi connectivity index (χ0n) is 12.0. The van der Waals surface area contributed by atoms with E-state index in [2.05, 4.69) is 5.10 Å². The summed E-state index contributed by atoms with van der Waals surface area (Å²) in [7, 11) is -3.94. The molecule has 8 heteroatoms. The third kappa shape index (κ3) is 2.21. The lowest BCUT2D eigenvalue weighted by molar-refractivity contribution is 0.569. The molecule has 4 aromatic rings. The zero-order chi connectivity index (χ0) is 16.9. The molecule has 0 atom stereocenters. The number of rotatable bonds is 2. The Labute approximate surface area is 140 Å². The van der Waals surface area contributed by atoms with Crippen LogP contribution < -0.4 is 5.63 Å². The zero-order valence-corrected chi connectivity index (χ0v) is 13.6. The number of fused-ring (bicyclic) bond motifs is 3. The van der Waals surface area contributed by atoms with Gasteiger partial charge in [0.15, 0.2) is 0 Å². The van der Waals surface area contributed by atoms with E-state index in [9.17, 15) is 13.2 Å². The summed E-state index contributed by atoms with van der Waals surface area (Å²) in [5.74, 6) is 0. The van der Waals surface area contributed by atoms with E-state index in [4.69, 9.17) is 16.0 Å². The number of para-hydroxylation sites is 1. The van der Waals surface area contributed by atoms with E-state index in [-0.39, 0.29) is 15.8 Å². The molecule has 0 fully saturated rings. The summed E-state index contributed by atoms with van der Waals surface area (Å²) in [6, 6.07) is 12.5. The molecule has 0 aliphatic heterocycles. The number of hydrogen-bond acceptors (Lipinski definition) is 5. The van der Waals surface area contributed by atoms with Gasteiger partial charge < -0.3 is 4.42 Å². The van der Waals surface area contributed by atoms with E-state index in [0.29, 0.717) is 16.0 Å². The van der Waals surface area contributed by atoms with Crippen LogP contribution in [0, 0.1) is 0 Å². The Morgan fingerprint density at radius 2 is 1.71 bits per heavy atom. The predicted molar refractivity (Wildman–Crippen MR) is 89.8 cm³/mol. The van der Waals surface area contributed by atoms with Gasteiger partial charge in [-0.25, -0.2) is 4.79 Å². The molecule has 4 rings (SSSR count). The van der Waals surface area contributed by atoms with Crippen molar-refractivity contribution in [1.82, 2.24) is 9.19 Å². The van der Waals surface area contributed by atoms with Gasteiger partial charge in [-0.2, -0.15) is 17.6 Å². The van der Waals surface area contributed by atoms with E-state index in [1.807, 2.05) is 0 Å². The summed E-state index contributed by atoms with van der Waals surface area (Å²) >= 11 is 5.79. The average molecular weight is 361 g/mol. The van der Waals surface area contributed by atoms with Crippen LogP contribution in [0.1, 0.15) is 0 Å². The molecular formula is C16H9ClN2O4S. The summed E-state index contributed by atoms with van der Waals surface area (Å²) in [4.78, 5) is 12.1. The quantitative estimate of drug-likeness (QED) is 0.513. The standard InChI is InChI=1S/C16H9ClN2O4S/c17-10-5-7-11(8-6-10)24(21,22)19-9-13-15(18-19)12-3-1-2-4-14(12)23-16(13)20/h1-9H. The highest BCUT2D eigenvalue weighted by atomic mass is 35.5. The highest BCUT2D eigenvalue weighted by Crippen LogP contribution is 2.23. The third-order valence-corrected chi connectivity index (χ3v) is 5.42. The fourth-order valence-electron chi connectivity index (χ4n) is 2.45. The first-order valence-corrected chi connectivity index (χ1v) is 8.71. The van der Waals surface area contributed by atoms with Crippen molar-refractivity contribution in [3.8, 4) is 0 Å². The number of halogens is 1. The van der Waals surface area contributed by atoms with Crippen LogP contribution in [0.15, 0.2) is 68.8 Å². The maximum absolute atomic E-state index is 12.7. The van der Waals surface area contributed by atoms with Crippen LogP contribution >= 0.6 is 11.6 Å². The number of nitrogens with zero attached hydrogens (tertiary/aromatic N) is 2. The summed E-state index contributed by atoms with van der Waals surface area (Å²) < 4.78 is 31.4. The van der Waals surface area contributed by atoms with E-state index in [1.165, 1.54) is 24.3 Å². The molecule has 0 saturated heterocycles. The summed E-state index contributed by atoms with van der Waals surface area (Å²) in [6.45, 7) is 0. The first-order valence-electron chi connectivity index (χ1n) is 6.89. The Kier molecular flexibility index (Phi) is 3.22. The van der Waals surface area contributed by atoms with E-state index in [1.54, 1.807) is 24.3 Å². The molecule has 6 nitrogen and oxygen atoms in total. The molecule has 0 N–H and O–H groups in total. The summed E-state index contributed by atoms with van der Waals surface area (Å²) in [5.41, 5.74) is -0.00946. The molecule has 0 aliphatic carbocycles. The van der Waals surface area contributed by atoms with Crippen LogP contribution in [0.2, 0.25) is 5.02 Å². The Balaban J connectivity index is 2.01. The van der Waals surface area contributed by atoms with Crippen LogP contribution in [0.25, 0.3) is 21.9 Å². The van der Waals surface area contributed by atoms with Gasteiger partial charge in [0, 0.05) is 10.4 Å². The van der Waals surface area contributed by atoms with Gasteiger partial charge in [-0.15, -0.1) is 0 Å². The van der Waals surface area contributed by atoms with Gasteiger partial charge in [0.1, 0.15) is 16.5 Å². The minimum atomic E-state index is -3.94. The molecule has 0 spiro atoms. The van der Waals surface area contributed by atoms with Crippen molar-refractivity contribution >= 4 is 43.5 Å². The van der Waals surface area contributed by atoms with Crippen molar-refractivity contribution in [3.63, 3.8) is 0 Å². The van der Waals surface area contributed by atoms with E-state index in [0.717, 1.165) is 10.3 Å². The minimum Gasteiger partial charge on any atom is -0.422 e. The van der Waals surface area contributed by atoms with Gasteiger partial charge in [0.25, 0.3) is 10.0 Å². The highest BCUT2D eigenvalue weighted by molar-refractivity contribution is 7.89. The Bertz CT molecular complexity index is 1240. The predicted octanol–water partition coefficient (Wildman–Crippen LogP) is 3.03. The molecule has 0 amide bonds. The summed E-state index contributed by atoms with van der Waals surface area (Å²) in [6.07, 6.45) is 1.16. The Hall–Kier alpha value is -2.64. The monoisotopic (exact) mass is 360 g/mol. The van der Waals surface area contributed by atoms with Crippen LogP contribution in [0.5, 0.6) is 0 Å². The minimum absolute atomic E-state index is 0.0217. The lowest BCUT2D eigenvalue weighted by Crippen LogP contribution is -2.13. The molecule has 24 heavy (non-hydrogen) atoms. The van der Waals surface area contributed by atoms with Gasteiger partial charge in [-0.05, 0) is 36.4 Å². The van der Waals surface area contributed by atoms with Crippen molar-refractivity contribution in [2.45, 2.75) is 4.90 Å². The van der Waals surface area contributed by atoms with Crippen molar-refractivity contribution in [2.24, 2.45) is 0 Å². The van der Waals surface area contributed by atoms with E-state index >= 15 is 0 Å². The first-order chi connectivity index (χ1) is 11.5. The highest BCUT2D eigenvalue weighted by Gasteiger charge is 2.21. The van der Waals surface area contributed by atoms with Gasteiger partial charge >= 0.3 is 5.63 Å². The molecule has 2 aromatic heterocycles. The normalized spacial score (nSPS) is 12.0. The van der Waals surface area contributed by atoms with Crippen LogP contribution in [-0.2, 0) is 10.0 Å². The second-order valence-corrected chi connectivity index (χ2v) is 7.34. The average Bonchev–Trinajstić information content (AvgIpc) is 3.02. The lowest BCUT2D eigenvalue weighted by Gasteiger charge is -2.03. The fraction of sp³-hybridized carbons (Fsp3) is 0. The fourth-order valence-corrected chi connectivity index (χ4v) is 3.70. The molecule has 2 aromatic carbocycles. The number of aromatic nitrogens is 2. The largest absolute Gasteiger partial charge is 0.422 e. The van der Waals surface area contributed by atoms with Crippen LogP contribution in [0.3, 0.4) is 0 Å². The van der Waals surface area contributed by atoms with Gasteiger partial charge in [0.05, 0.1) is 11.1 Å². The topological polar surface area (TPSA) is 82.2 Å². The Morgan fingerprint density at radius 3 is 2.46 bits per heavy atom. The smallest absolute Gasteiger partial charge is 0.347 e. The van der Waals surface area contributed by atoms with Gasteiger partial charge in [-0.1, -0.05) is 23.7 Å². The molecule has 0 radical (unpaired) electrons. The molecular weight excluding hydrogens is 352 g/mol. The molecule has 0 unspecified atom stereocenters. The second kappa shape index (κ2) is 5.19. The van der Waals surface area contributed by atoms with Crippen molar-refractivity contribution in [3.05, 3.63) is 70.2 Å². The number of benzene rings is 2. The molecule has 0 bridgehead atoms. The number of hydrogen-bond donors (Lipinski definition) is 0. The van der Waals surface area contributed by atoms with Crippen LogP contribution in [0.4, 0.5) is 0 Å². The van der Waals surface area contributed by atoms with Gasteiger partial charge in [0.2, 0.25) is 0 Å². The van der Waals surface area contributed by atoms with Crippen LogP contribution in [-0.4, -0.2) is 17.6 Å². The Morgan fingerprint density at radius 1 is 1.00 bits per heavy atom. The maximum Gasteiger partial charge on any atom is 0.347 e. The third-order valence-electron chi connectivity index (χ3n) is 3.62. The van der Waals surface area contributed by atoms with Crippen molar-refractivity contribution < 1.29 is 12.8 Å². The molecule has 0 aliphatic rings. The first kappa shape index (κ1) is 14.9. The maximum atomic E-state index is 12.7. The second-order valence-electron chi connectivity index (χ2n) is 5.11.